The van der Waals surface area contributed by atoms with E-state index in [4.69, 9.17) is 4.74 Å². The van der Waals surface area contributed by atoms with E-state index in [0.29, 0.717) is 44.1 Å². The van der Waals surface area contributed by atoms with Crippen LogP contribution in [0.3, 0.4) is 0 Å². The summed E-state index contributed by atoms with van der Waals surface area (Å²) >= 11 is 0. The van der Waals surface area contributed by atoms with Gasteiger partial charge in [0.25, 0.3) is 5.91 Å². The Hall–Kier alpha value is -4.53. The van der Waals surface area contributed by atoms with Crippen molar-refractivity contribution in [1.29, 1.82) is 0 Å². The van der Waals surface area contributed by atoms with Crippen LogP contribution in [0.25, 0.3) is 0 Å². The van der Waals surface area contributed by atoms with Crippen molar-refractivity contribution in [2.75, 3.05) is 18.1 Å². The molecule has 7 rings (SSSR count). The number of para-hydroxylation sites is 1. The molecule has 9 heteroatoms. The van der Waals surface area contributed by atoms with E-state index >= 15 is 0 Å². The van der Waals surface area contributed by atoms with Crippen molar-refractivity contribution in [3.05, 3.63) is 102 Å². The number of benzene rings is 2. The Labute approximate surface area is 219 Å². The van der Waals surface area contributed by atoms with Gasteiger partial charge in [-0.25, -0.2) is 0 Å². The molecular formula is C29H26N6O3. The first-order valence-corrected chi connectivity index (χ1v) is 12.9. The molecule has 2 aromatic carbocycles. The molecular weight excluding hydrogens is 480 g/mol. The number of likely N-dealkylation sites (tertiary alicyclic amines) is 1. The van der Waals surface area contributed by atoms with Crippen molar-refractivity contribution in [3.63, 3.8) is 0 Å². The standard InChI is InChI=1S/C29H26N6O3/c36-27(24-10-3-4-13-30-24)34-15-12-29-23-9-1-2-11-25(23)35(28(29)37)19-21-18-33(32-31-21)14-6-16-38-22-8-5-7-20(17-22)26(29)34/h1-5,7-11,13,17-18,26H,6,12,14-16,19H2/t26-,29+/m0/s1. The monoisotopic (exact) mass is 506 g/mol. The molecule has 3 aliphatic rings. The number of aromatic nitrogens is 4. The number of hydrogen-bond donors (Lipinski definition) is 0. The Morgan fingerprint density at radius 1 is 1.03 bits per heavy atom. The fourth-order valence-corrected chi connectivity index (χ4v) is 6.24. The Morgan fingerprint density at radius 3 is 2.82 bits per heavy atom. The van der Waals surface area contributed by atoms with Crippen LogP contribution < -0.4 is 9.64 Å². The Balaban J connectivity index is 1.43. The highest BCUT2D eigenvalue weighted by atomic mass is 16.5. The molecule has 0 unspecified atom stereocenters. The van der Waals surface area contributed by atoms with Crippen LogP contribution >= 0.6 is 0 Å². The number of carbonyl (C=O) groups excluding carboxylic acids is 2. The summed E-state index contributed by atoms with van der Waals surface area (Å²) < 4.78 is 7.89. The summed E-state index contributed by atoms with van der Waals surface area (Å²) in [5, 5.41) is 8.61. The van der Waals surface area contributed by atoms with Gasteiger partial charge in [0.15, 0.2) is 0 Å². The fourth-order valence-electron chi connectivity index (χ4n) is 6.24. The van der Waals surface area contributed by atoms with Crippen LogP contribution in [0, 0.1) is 0 Å². The quantitative estimate of drug-likeness (QED) is 0.392. The number of hydrogen-bond acceptors (Lipinski definition) is 6. The number of anilines is 1. The third-order valence-corrected chi connectivity index (χ3v) is 7.85. The lowest BCUT2D eigenvalue weighted by atomic mass is 9.72. The molecule has 38 heavy (non-hydrogen) atoms. The molecule has 4 aromatic rings. The van der Waals surface area contributed by atoms with Crippen LogP contribution in [0.4, 0.5) is 5.69 Å². The topological polar surface area (TPSA) is 93.5 Å². The Kier molecular flexibility index (Phi) is 5.24. The number of rotatable bonds is 1. The van der Waals surface area contributed by atoms with Gasteiger partial charge in [0.1, 0.15) is 22.6 Å². The Morgan fingerprint density at radius 2 is 1.92 bits per heavy atom. The average molecular weight is 507 g/mol. The van der Waals surface area contributed by atoms with Gasteiger partial charge >= 0.3 is 0 Å². The van der Waals surface area contributed by atoms with Crippen molar-refractivity contribution in [3.8, 4) is 5.75 Å². The summed E-state index contributed by atoms with van der Waals surface area (Å²) in [5.41, 5.74) is 2.78. The molecule has 0 radical (unpaired) electrons. The lowest BCUT2D eigenvalue weighted by Crippen LogP contribution is -2.45. The first-order chi connectivity index (χ1) is 18.6. The highest BCUT2D eigenvalue weighted by molar-refractivity contribution is 6.09. The van der Waals surface area contributed by atoms with E-state index in [9.17, 15) is 9.59 Å². The number of pyridine rings is 1. The molecule has 5 heterocycles. The van der Waals surface area contributed by atoms with Gasteiger partial charge in [-0.05, 0) is 47.9 Å². The second-order valence-electron chi connectivity index (χ2n) is 9.99. The van der Waals surface area contributed by atoms with E-state index in [0.717, 1.165) is 28.9 Å². The predicted octanol–water partition coefficient (Wildman–Crippen LogP) is 3.53. The summed E-state index contributed by atoms with van der Waals surface area (Å²) in [7, 11) is 0. The maximum absolute atomic E-state index is 14.6. The van der Waals surface area contributed by atoms with Crippen LogP contribution in [0.1, 0.15) is 46.2 Å². The molecule has 1 spiro atoms. The number of nitrogens with zero attached hydrogens (tertiary/aromatic N) is 6. The maximum atomic E-state index is 14.6. The van der Waals surface area contributed by atoms with Gasteiger partial charge in [-0.1, -0.05) is 41.6 Å². The van der Waals surface area contributed by atoms with E-state index in [-0.39, 0.29) is 11.8 Å². The van der Waals surface area contributed by atoms with Crippen molar-refractivity contribution < 1.29 is 14.3 Å². The normalized spacial score (nSPS) is 22.2. The lowest BCUT2D eigenvalue weighted by Gasteiger charge is -2.35. The van der Waals surface area contributed by atoms with Crippen LogP contribution in [-0.2, 0) is 23.3 Å². The van der Waals surface area contributed by atoms with Gasteiger partial charge in [0, 0.05) is 31.4 Å². The molecule has 3 aliphatic heterocycles. The third kappa shape index (κ3) is 3.42. The van der Waals surface area contributed by atoms with Gasteiger partial charge in [0.05, 0.1) is 25.4 Å². The molecule has 2 aromatic heterocycles. The number of aryl methyl sites for hydroxylation is 1. The second kappa shape index (κ2) is 8.79. The predicted molar refractivity (Wildman–Crippen MR) is 139 cm³/mol. The molecule has 0 saturated carbocycles. The van der Waals surface area contributed by atoms with E-state index in [1.165, 1.54) is 0 Å². The first kappa shape index (κ1) is 22.7. The lowest BCUT2D eigenvalue weighted by molar-refractivity contribution is -0.124. The third-order valence-electron chi connectivity index (χ3n) is 7.85. The minimum absolute atomic E-state index is 0.0317. The first-order valence-electron chi connectivity index (χ1n) is 12.9. The molecule has 6 bridgehead atoms. The zero-order chi connectivity index (χ0) is 25.7. The summed E-state index contributed by atoms with van der Waals surface area (Å²) in [6, 6.07) is 20.5. The molecule has 190 valence electrons. The van der Waals surface area contributed by atoms with Crippen molar-refractivity contribution in [2.45, 2.75) is 37.4 Å². The Bertz CT molecular complexity index is 1540. The summed E-state index contributed by atoms with van der Waals surface area (Å²) in [4.78, 5) is 36.4. The molecule has 2 atom stereocenters. The summed E-state index contributed by atoms with van der Waals surface area (Å²) in [5.74, 6) is 0.485. The number of fused-ring (bicyclic) bond motifs is 8. The minimum atomic E-state index is -0.949. The number of carbonyl (C=O) groups is 2. The highest BCUT2D eigenvalue weighted by Crippen LogP contribution is 2.57. The molecule has 1 fully saturated rings. The zero-order valence-electron chi connectivity index (χ0n) is 20.7. The van der Waals surface area contributed by atoms with E-state index in [2.05, 4.69) is 15.3 Å². The molecule has 0 aliphatic carbocycles. The largest absolute Gasteiger partial charge is 0.494 e. The minimum Gasteiger partial charge on any atom is -0.494 e. The SMILES string of the molecule is O=C(c1ccccn1)N1CC[C@]23C(=O)N(Cc4cn(nn4)CCCOc4cccc(c4)[C@H]12)c1ccccc13. The van der Waals surface area contributed by atoms with Crippen LogP contribution in [0.5, 0.6) is 5.75 Å². The van der Waals surface area contributed by atoms with Crippen molar-refractivity contribution in [1.82, 2.24) is 24.9 Å². The number of amides is 2. The average Bonchev–Trinajstić information content (AvgIpc) is 3.64. The highest BCUT2D eigenvalue weighted by Gasteiger charge is 2.61. The van der Waals surface area contributed by atoms with Gasteiger partial charge in [-0.2, -0.15) is 0 Å². The van der Waals surface area contributed by atoms with Gasteiger partial charge in [-0.15, -0.1) is 5.10 Å². The maximum Gasteiger partial charge on any atom is 0.273 e. The molecule has 1 saturated heterocycles. The van der Waals surface area contributed by atoms with Crippen molar-refractivity contribution in [2.24, 2.45) is 0 Å². The van der Waals surface area contributed by atoms with E-state index < -0.39 is 11.5 Å². The van der Waals surface area contributed by atoms with Gasteiger partial charge in [0.2, 0.25) is 5.91 Å². The summed E-state index contributed by atoms with van der Waals surface area (Å²) in [6.45, 7) is 1.92. The molecule has 9 nitrogen and oxygen atoms in total. The zero-order valence-corrected chi connectivity index (χ0v) is 20.7. The van der Waals surface area contributed by atoms with Gasteiger partial charge in [-0.3, -0.25) is 19.3 Å². The van der Waals surface area contributed by atoms with Crippen LogP contribution in [-0.4, -0.2) is 49.8 Å². The molecule has 2 amide bonds. The smallest absolute Gasteiger partial charge is 0.273 e. The number of ether oxygens (including phenoxy) is 1. The van der Waals surface area contributed by atoms with Crippen LogP contribution in [0.2, 0.25) is 0 Å². The molecule has 0 N–H and O–H groups in total. The fraction of sp³-hybridized carbons (Fsp3) is 0.276. The van der Waals surface area contributed by atoms with E-state index in [1.807, 2.05) is 70.6 Å². The second-order valence-corrected chi connectivity index (χ2v) is 9.99. The van der Waals surface area contributed by atoms with Gasteiger partial charge < -0.3 is 14.5 Å². The van der Waals surface area contributed by atoms with Crippen molar-refractivity contribution >= 4 is 17.5 Å². The van der Waals surface area contributed by atoms with E-state index in [1.54, 1.807) is 23.0 Å². The summed E-state index contributed by atoms with van der Waals surface area (Å²) in [6.07, 6.45) is 4.77. The van der Waals surface area contributed by atoms with Crippen LogP contribution in [0.15, 0.2) is 79.1 Å².